The molecule has 1 aliphatic heterocycles. The number of carbonyl (C=O) groups is 1. The van der Waals surface area contributed by atoms with Crippen LogP contribution in [0.15, 0.2) is 47.5 Å². The first-order chi connectivity index (χ1) is 9.74. The van der Waals surface area contributed by atoms with E-state index in [-0.39, 0.29) is 5.78 Å². The van der Waals surface area contributed by atoms with Gasteiger partial charge in [-0.1, -0.05) is 36.4 Å². The molecule has 3 nitrogen and oxygen atoms in total. The molecule has 2 aromatic rings. The Labute approximate surface area is 118 Å². The second-order valence-electron chi connectivity index (χ2n) is 5.23. The van der Waals surface area contributed by atoms with Gasteiger partial charge in [0.2, 0.25) is 0 Å². The topological polar surface area (TPSA) is 32.7 Å². The Kier molecular flexibility index (Phi) is 3.50. The molecule has 3 heteroatoms. The molecule has 0 unspecified atom stereocenters. The van der Waals surface area contributed by atoms with Crippen LogP contribution in [0, 0.1) is 0 Å². The molecular weight excluding hydrogens is 248 g/mol. The fourth-order valence-electron chi connectivity index (χ4n) is 2.57. The summed E-state index contributed by atoms with van der Waals surface area (Å²) in [7, 11) is 2.01. The van der Waals surface area contributed by atoms with E-state index >= 15 is 0 Å². The van der Waals surface area contributed by atoms with E-state index in [9.17, 15) is 4.79 Å². The largest absolute Gasteiger partial charge is 0.363 e. The average molecular weight is 266 g/mol. The molecule has 1 aliphatic rings. The van der Waals surface area contributed by atoms with E-state index in [1.807, 2.05) is 43.4 Å². The smallest absolute Gasteiger partial charge is 0.170 e. The lowest BCUT2D eigenvalue weighted by atomic mass is 10.0. The molecule has 0 fully saturated rings. The van der Waals surface area contributed by atoms with Crippen molar-refractivity contribution in [3.05, 3.63) is 48.0 Å². The van der Waals surface area contributed by atoms with E-state index in [4.69, 9.17) is 0 Å². The first kappa shape index (κ1) is 12.9. The van der Waals surface area contributed by atoms with Crippen LogP contribution in [-0.2, 0) is 0 Å². The van der Waals surface area contributed by atoms with Crippen LogP contribution in [0.5, 0.6) is 0 Å². The number of fused-ring (bicyclic) bond motifs is 1. The zero-order valence-corrected chi connectivity index (χ0v) is 11.7. The molecule has 0 spiro atoms. The molecule has 0 saturated heterocycles. The second kappa shape index (κ2) is 5.45. The predicted octanol–water partition coefficient (Wildman–Crippen LogP) is 3.15. The molecule has 0 saturated carbocycles. The van der Waals surface area contributed by atoms with Gasteiger partial charge in [0.25, 0.3) is 0 Å². The SMILES string of the molecule is CN1CCCN=C1CC(=O)c1ccc2ccccc2c1. The maximum atomic E-state index is 12.4. The summed E-state index contributed by atoms with van der Waals surface area (Å²) in [4.78, 5) is 18.9. The molecule has 0 N–H and O–H groups in total. The fraction of sp³-hybridized carbons (Fsp3) is 0.294. The Morgan fingerprint density at radius 2 is 2.00 bits per heavy atom. The molecule has 3 rings (SSSR count). The van der Waals surface area contributed by atoms with Crippen molar-refractivity contribution in [2.75, 3.05) is 20.1 Å². The number of rotatable bonds is 3. The second-order valence-corrected chi connectivity index (χ2v) is 5.23. The summed E-state index contributed by atoms with van der Waals surface area (Å²) in [5, 5.41) is 2.27. The van der Waals surface area contributed by atoms with Gasteiger partial charge in [0.05, 0.1) is 6.42 Å². The van der Waals surface area contributed by atoms with Crippen LogP contribution in [0.4, 0.5) is 0 Å². The predicted molar refractivity (Wildman–Crippen MR) is 82.4 cm³/mol. The van der Waals surface area contributed by atoms with Gasteiger partial charge in [-0.15, -0.1) is 0 Å². The standard InChI is InChI=1S/C17H18N2O/c1-19-10-4-9-18-17(19)12-16(20)15-8-7-13-5-2-3-6-14(13)11-15/h2-3,5-8,11H,4,9-10,12H2,1H3. The molecule has 0 radical (unpaired) electrons. The number of hydrogen-bond acceptors (Lipinski definition) is 3. The number of benzene rings is 2. The number of hydrogen-bond donors (Lipinski definition) is 0. The van der Waals surface area contributed by atoms with Gasteiger partial charge < -0.3 is 4.90 Å². The van der Waals surface area contributed by atoms with Crippen molar-refractivity contribution in [2.24, 2.45) is 4.99 Å². The van der Waals surface area contributed by atoms with Crippen molar-refractivity contribution >= 4 is 22.4 Å². The number of amidine groups is 1. The molecule has 1 heterocycles. The number of carbonyl (C=O) groups excluding carboxylic acids is 1. The van der Waals surface area contributed by atoms with Crippen molar-refractivity contribution < 1.29 is 4.79 Å². The molecule has 0 atom stereocenters. The van der Waals surface area contributed by atoms with E-state index in [1.165, 1.54) is 0 Å². The summed E-state index contributed by atoms with van der Waals surface area (Å²) in [6, 6.07) is 14.0. The lowest BCUT2D eigenvalue weighted by molar-refractivity contribution is 0.0997. The summed E-state index contributed by atoms with van der Waals surface area (Å²) in [6.45, 7) is 1.83. The van der Waals surface area contributed by atoms with Crippen LogP contribution in [0.1, 0.15) is 23.2 Å². The molecule has 2 aromatic carbocycles. The van der Waals surface area contributed by atoms with Gasteiger partial charge in [-0.3, -0.25) is 9.79 Å². The fourth-order valence-corrected chi connectivity index (χ4v) is 2.57. The van der Waals surface area contributed by atoms with Crippen LogP contribution in [0.2, 0.25) is 0 Å². The normalized spacial score (nSPS) is 15.2. The van der Waals surface area contributed by atoms with Crippen LogP contribution in [0.3, 0.4) is 0 Å². The van der Waals surface area contributed by atoms with E-state index in [0.717, 1.165) is 41.7 Å². The van der Waals surface area contributed by atoms with Crippen LogP contribution < -0.4 is 0 Å². The number of nitrogens with zero attached hydrogens (tertiary/aromatic N) is 2. The lowest BCUT2D eigenvalue weighted by Crippen LogP contribution is -2.33. The first-order valence-electron chi connectivity index (χ1n) is 7.00. The third kappa shape index (κ3) is 2.57. The Morgan fingerprint density at radius 3 is 2.80 bits per heavy atom. The van der Waals surface area contributed by atoms with Crippen molar-refractivity contribution in [1.82, 2.24) is 4.90 Å². The van der Waals surface area contributed by atoms with Crippen LogP contribution >= 0.6 is 0 Å². The van der Waals surface area contributed by atoms with E-state index in [1.54, 1.807) is 0 Å². The number of aliphatic imine (C=N–C) groups is 1. The molecular formula is C17H18N2O. The molecule has 102 valence electrons. The van der Waals surface area contributed by atoms with Crippen LogP contribution in [0.25, 0.3) is 10.8 Å². The van der Waals surface area contributed by atoms with Gasteiger partial charge in [0.1, 0.15) is 5.84 Å². The lowest BCUT2D eigenvalue weighted by Gasteiger charge is -2.24. The zero-order valence-electron chi connectivity index (χ0n) is 11.7. The van der Waals surface area contributed by atoms with Crippen molar-refractivity contribution in [3.63, 3.8) is 0 Å². The van der Waals surface area contributed by atoms with Crippen molar-refractivity contribution in [2.45, 2.75) is 12.8 Å². The van der Waals surface area contributed by atoms with Gasteiger partial charge >= 0.3 is 0 Å². The van der Waals surface area contributed by atoms with Crippen LogP contribution in [-0.4, -0.2) is 36.7 Å². The van der Waals surface area contributed by atoms with Crippen molar-refractivity contribution in [3.8, 4) is 0 Å². The monoisotopic (exact) mass is 266 g/mol. The Hall–Kier alpha value is -2.16. The minimum Gasteiger partial charge on any atom is -0.363 e. The maximum Gasteiger partial charge on any atom is 0.170 e. The third-order valence-electron chi connectivity index (χ3n) is 3.78. The van der Waals surface area contributed by atoms with Gasteiger partial charge in [-0.05, 0) is 23.3 Å². The highest BCUT2D eigenvalue weighted by Crippen LogP contribution is 2.17. The molecule has 0 aliphatic carbocycles. The quantitative estimate of drug-likeness (QED) is 0.799. The summed E-state index contributed by atoms with van der Waals surface area (Å²) < 4.78 is 0. The third-order valence-corrected chi connectivity index (χ3v) is 3.78. The maximum absolute atomic E-state index is 12.4. The molecule has 0 amide bonds. The Morgan fingerprint density at radius 1 is 1.20 bits per heavy atom. The Bertz CT molecular complexity index is 675. The van der Waals surface area contributed by atoms with E-state index in [2.05, 4.69) is 16.0 Å². The van der Waals surface area contributed by atoms with E-state index < -0.39 is 0 Å². The Balaban J connectivity index is 1.83. The molecule has 0 bridgehead atoms. The summed E-state index contributed by atoms with van der Waals surface area (Å²) >= 11 is 0. The van der Waals surface area contributed by atoms with E-state index in [0.29, 0.717) is 6.42 Å². The number of Topliss-reactive ketones (excluding diaryl/α,β-unsaturated/α-hetero) is 1. The number of ketones is 1. The minimum absolute atomic E-state index is 0.142. The summed E-state index contributed by atoms with van der Waals surface area (Å²) in [6.07, 6.45) is 1.47. The minimum atomic E-state index is 0.142. The highest BCUT2D eigenvalue weighted by Gasteiger charge is 2.16. The summed E-state index contributed by atoms with van der Waals surface area (Å²) in [5.74, 6) is 1.05. The van der Waals surface area contributed by atoms with Gasteiger partial charge in [-0.2, -0.15) is 0 Å². The first-order valence-corrected chi connectivity index (χ1v) is 7.00. The van der Waals surface area contributed by atoms with Gasteiger partial charge in [-0.25, -0.2) is 0 Å². The highest BCUT2D eigenvalue weighted by atomic mass is 16.1. The molecule has 20 heavy (non-hydrogen) atoms. The summed E-state index contributed by atoms with van der Waals surface area (Å²) in [5.41, 5.74) is 0.769. The highest BCUT2D eigenvalue weighted by molar-refractivity contribution is 6.10. The van der Waals surface area contributed by atoms with Gasteiger partial charge in [0, 0.05) is 25.7 Å². The average Bonchev–Trinajstić information content (AvgIpc) is 2.49. The van der Waals surface area contributed by atoms with Gasteiger partial charge in [0.15, 0.2) is 5.78 Å². The van der Waals surface area contributed by atoms with Crippen molar-refractivity contribution in [1.29, 1.82) is 0 Å². The molecule has 0 aromatic heterocycles. The zero-order chi connectivity index (χ0) is 13.9.